The van der Waals surface area contributed by atoms with E-state index in [2.05, 4.69) is 47.8 Å². The van der Waals surface area contributed by atoms with Crippen LogP contribution in [0.5, 0.6) is 5.75 Å². The molecule has 2 amide bonds. The highest BCUT2D eigenvalue weighted by Crippen LogP contribution is 2.38. The van der Waals surface area contributed by atoms with Crippen molar-refractivity contribution in [3.63, 3.8) is 0 Å². The van der Waals surface area contributed by atoms with Gasteiger partial charge in [-0.3, -0.25) is 14.5 Å². The van der Waals surface area contributed by atoms with Crippen molar-refractivity contribution >= 4 is 76.8 Å². The maximum atomic E-state index is 13.9. The summed E-state index contributed by atoms with van der Waals surface area (Å²) < 4.78 is 21.8. The van der Waals surface area contributed by atoms with Gasteiger partial charge in [-0.25, -0.2) is 4.39 Å². The van der Waals surface area contributed by atoms with Crippen LogP contribution in [-0.4, -0.2) is 16.0 Å². The Morgan fingerprint density at radius 2 is 1.55 bits per heavy atom. The van der Waals surface area contributed by atoms with Crippen LogP contribution in [0.2, 0.25) is 0 Å². The van der Waals surface area contributed by atoms with Crippen LogP contribution in [0.25, 0.3) is 6.08 Å². The van der Waals surface area contributed by atoms with Gasteiger partial charge >= 0.3 is 0 Å². The molecule has 0 radical (unpaired) electrons. The van der Waals surface area contributed by atoms with Crippen LogP contribution in [0.3, 0.4) is 0 Å². The van der Waals surface area contributed by atoms with Crippen molar-refractivity contribution in [3.8, 4) is 5.75 Å². The van der Waals surface area contributed by atoms with E-state index in [9.17, 15) is 14.0 Å². The van der Waals surface area contributed by atoms with E-state index in [1.54, 1.807) is 36.4 Å². The zero-order valence-electron chi connectivity index (χ0n) is 16.9. The molecule has 0 unspecified atom stereocenters. The van der Waals surface area contributed by atoms with Crippen LogP contribution < -0.4 is 4.74 Å². The molecule has 4 rings (SSSR count). The number of nitrogens with zero attached hydrogens (tertiary/aromatic N) is 1. The first-order valence-corrected chi connectivity index (χ1v) is 12.9. The van der Waals surface area contributed by atoms with Gasteiger partial charge in [0.15, 0.2) is 0 Å². The lowest BCUT2D eigenvalue weighted by Crippen LogP contribution is -2.27. The van der Waals surface area contributed by atoms with Gasteiger partial charge < -0.3 is 4.74 Å². The Morgan fingerprint density at radius 1 is 0.909 bits per heavy atom. The van der Waals surface area contributed by atoms with Crippen molar-refractivity contribution in [2.75, 3.05) is 0 Å². The van der Waals surface area contributed by atoms with Gasteiger partial charge in [-0.05, 0) is 85.1 Å². The predicted octanol–water partition coefficient (Wildman–Crippen LogP) is 7.93. The number of imide groups is 1. The standard InChI is InChI=1S/C24H15Br3FNO3S/c25-17-7-3-1-5-15(17)12-29-23(30)21(33-24(29)31)11-14-9-18(26)22(19(27)10-14)32-13-16-6-2-4-8-20(16)28/h1-11H,12-13H2/b21-11-. The van der Waals surface area contributed by atoms with E-state index in [1.165, 1.54) is 11.0 Å². The van der Waals surface area contributed by atoms with E-state index in [0.717, 1.165) is 21.8 Å². The molecule has 4 nitrogen and oxygen atoms in total. The number of carbonyl (C=O) groups excluding carboxylic acids is 2. The number of carbonyl (C=O) groups is 2. The minimum absolute atomic E-state index is 0.0666. The lowest BCUT2D eigenvalue weighted by atomic mass is 10.2. The van der Waals surface area contributed by atoms with Crippen molar-refractivity contribution in [3.05, 3.63) is 101 Å². The molecule has 168 valence electrons. The molecule has 33 heavy (non-hydrogen) atoms. The number of rotatable bonds is 6. The Bertz CT molecular complexity index is 1260. The fraction of sp³-hybridized carbons (Fsp3) is 0.0833. The monoisotopic (exact) mass is 653 g/mol. The Kier molecular flexibility index (Phi) is 7.73. The van der Waals surface area contributed by atoms with E-state index in [4.69, 9.17) is 4.74 Å². The summed E-state index contributed by atoms with van der Waals surface area (Å²) >= 11 is 11.3. The van der Waals surface area contributed by atoms with Gasteiger partial charge in [0.2, 0.25) is 0 Å². The molecule has 0 spiro atoms. The number of amides is 2. The van der Waals surface area contributed by atoms with Gasteiger partial charge in [0, 0.05) is 10.0 Å². The van der Waals surface area contributed by atoms with E-state index >= 15 is 0 Å². The molecule has 9 heteroatoms. The van der Waals surface area contributed by atoms with Crippen molar-refractivity contribution in [1.82, 2.24) is 4.90 Å². The third kappa shape index (κ3) is 5.59. The molecule has 0 atom stereocenters. The Hall–Kier alpha value is -1.94. The topological polar surface area (TPSA) is 46.6 Å². The highest BCUT2D eigenvalue weighted by Gasteiger charge is 2.35. The van der Waals surface area contributed by atoms with Gasteiger partial charge in [-0.1, -0.05) is 52.3 Å². The fourth-order valence-electron chi connectivity index (χ4n) is 3.15. The quantitative estimate of drug-likeness (QED) is 0.253. The average molecular weight is 656 g/mol. The largest absolute Gasteiger partial charge is 0.486 e. The smallest absolute Gasteiger partial charge is 0.293 e. The lowest BCUT2D eigenvalue weighted by molar-refractivity contribution is -0.123. The van der Waals surface area contributed by atoms with Crippen molar-refractivity contribution in [1.29, 1.82) is 0 Å². The number of benzene rings is 3. The SMILES string of the molecule is O=C1S/C(=C\c2cc(Br)c(OCc3ccccc3F)c(Br)c2)C(=O)N1Cc1ccccc1Br. The Morgan fingerprint density at radius 3 is 2.21 bits per heavy atom. The molecular formula is C24H15Br3FNO3S. The zero-order valence-corrected chi connectivity index (χ0v) is 22.4. The fourth-order valence-corrected chi connectivity index (χ4v) is 5.85. The van der Waals surface area contributed by atoms with Crippen LogP contribution in [-0.2, 0) is 17.9 Å². The van der Waals surface area contributed by atoms with Crippen LogP contribution in [0.1, 0.15) is 16.7 Å². The van der Waals surface area contributed by atoms with Crippen LogP contribution in [0.4, 0.5) is 9.18 Å². The summed E-state index contributed by atoms with van der Waals surface area (Å²) in [5.41, 5.74) is 2.00. The summed E-state index contributed by atoms with van der Waals surface area (Å²) in [4.78, 5) is 26.9. The molecule has 1 heterocycles. The summed E-state index contributed by atoms with van der Waals surface area (Å²) in [5, 5.41) is -0.315. The summed E-state index contributed by atoms with van der Waals surface area (Å²) in [6, 6.07) is 17.5. The number of hydrogen-bond donors (Lipinski definition) is 0. The van der Waals surface area contributed by atoms with Gasteiger partial charge in [0.05, 0.1) is 20.4 Å². The number of ether oxygens (including phenoxy) is 1. The summed E-state index contributed by atoms with van der Waals surface area (Å²) in [6.45, 7) is 0.261. The lowest BCUT2D eigenvalue weighted by Gasteiger charge is -2.13. The van der Waals surface area contributed by atoms with E-state index in [-0.39, 0.29) is 30.1 Å². The average Bonchev–Trinajstić information content (AvgIpc) is 3.03. The Labute approximate surface area is 219 Å². The van der Waals surface area contributed by atoms with E-state index in [0.29, 0.717) is 30.7 Å². The molecule has 1 fully saturated rings. The number of thioether (sulfide) groups is 1. The first-order chi connectivity index (χ1) is 15.8. The second-order valence-corrected chi connectivity index (χ2v) is 10.6. The van der Waals surface area contributed by atoms with Crippen molar-refractivity contribution < 1.29 is 18.7 Å². The maximum absolute atomic E-state index is 13.9. The van der Waals surface area contributed by atoms with Crippen LogP contribution in [0, 0.1) is 5.82 Å². The minimum Gasteiger partial charge on any atom is -0.486 e. The summed E-state index contributed by atoms with van der Waals surface area (Å²) in [5.74, 6) is -0.162. The van der Waals surface area contributed by atoms with Gasteiger partial charge in [0.25, 0.3) is 11.1 Å². The molecule has 1 saturated heterocycles. The summed E-state index contributed by atoms with van der Waals surface area (Å²) in [7, 11) is 0. The second-order valence-electron chi connectivity index (χ2n) is 7.05. The van der Waals surface area contributed by atoms with Gasteiger partial charge in [-0.2, -0.15) is 0 Å². The van der Waals surface area contributed by atoms with Crippen LogP contribution in [0.15, 0.2) is 79.0 Å². The molecule has 0 aromatic heterocycles. The van der Waals surface area contributed by atoms with Gasteiger partial charge in [-0.15, -0.1) is 0 Å². The second kappa shape index (κ2) is 10.5. The molecule has 3 aromatic carbocycles. The van der Waals surface area contributed by atoms with Crippen LogP contribution >= 0.6 is 59.6 Å². The minimum atomic E-state index is -0.340. The number of hydrogen-bond acceptors (Lipinski definition) is 4. The van der Waals surface area contributed by atoms with Crippen molar-refractivity contribution in [2.45, 2.75) is 13.2 Å². The molecule has 0 N–H and O–H groups in total. The molecule has 0 aliphatic carbocycles. The first-order valence-electron chi connectivity index (χ1n) is 9.67. The molecule has 3 aromatic rings. The normalized spacial score (nSPS) is 14.9. The third-order valence-electron chi connectivity index (χ3n) is 4.81. The summed E-state index contributed by atoms with van der Waals surface area (Å²) in [6.07, 6.45) is 1.67. The zero-order chi connectivity index (χ0) is 23.5. The van der Waals surface area contributed by atoms with E-state index in [1.807, 2.05) is 24.3 Å². The van der Waals surface area contributed by atoms with Crippen molar-refractivity contribution in [2.24, 2.45) is 0 Å². The molecule has 0 bridgehead atoms. The number of halogens is 4. The van der Waals surface area contributed by atoms with E-state index < -0.39 is 0 Å². The molecular weight excluding hydrogens is 641 g/mol. The molecule has 1 aliphatic rings. The Balaban J connectivity index is 1.52. The molecule has 1 aliphatic heterocycles. The highest BCUT2D eigenvalue weighted by atomic mass is 79.9. The third-order valence-corrected chi connectivity index (χ3v) is 7.67. The highest BCUT2D eigenvalue weighted by molar-refractivity contribution is 9.11. The van der Waals surface area contributed by atoms with Gasteiger partial charge in [0.1, 0.15) is 18.2 Å². The molecule has 0 saturated carbocycles. The predicted molar refractivity (Wildman–Crippen MR) is 138 cm³/mol. The maximum Gasteiger partial charge on any atom is 0.293 e. The first kappa shape index (κ1) is 24.2.